The molecule has 1 aliphatic heterocycles. The van der Waals surface area contributed by atoms with Crippen LogP contribution in [0.1, 0.15) is 22.0 Å². The first-order valence-corrected chi connectivity index (χ1v) is 9.57. The van der Waals surface area contributed by atoms with Crippen molar-refractivity contribution < 1.29 is 14.5 Å². The molecule has 3 rings (SSSR count). The van der Waals surface area contributed by atoms with Gasteiger partial charge in [-0.3, -0.25) is 19.8 Å². The number of amides is 1. The second kappa shape index (κ2) is 9.49. The van der Waals surface area contributed by atoms with Crippen LogP contribution in [0.2, 0.25) is 0 Å². The predicted molar refractivity (Wildman–Crippen MR) is 110 cm³/mol. The minimum absolute atomic E-state index is 0.0323. The molecular formula is C21H26N4O4. The van der Waals surface area contributed by atoms with E-state index in [-0.39, 0.29) is 17.6 Å². The fourth-order valence-corrected chi connectivity index (χ4v) is 3.44. The summed E-state index contributed by atoms with van der Waals surface area (Å²) in [4.78, 5) is 27.5. The molecule has 154 valence electrons. The summed E-state index contributed by atoms with van der Waals surface area (Å²) >= 11 is 0. The molecule has 0 saturated carbocycles. The van der Waals surface area contributed by atoms with Gasteiger partial charge in [-0.05, 0) is 36.9 Å². The molecule has 1 N–H and O–H groups in total. The Bertz CT molecular complexity index is 831. The van der Waals surface area contributed by atoms with Gasteiger partial charge in [-0.1, -0.05) is 12.1 Å². The highest BCUT2D eigenvalue weighted by Gasteiger charge is 2.24. The smallest absolute Gasteiger partial charge is 0.269 e. The van der Waals surface area contributed by atoms with Crippen molar-refractivity contribution in [3.8, 4) is 5.75 Å². The Morgan fingerprint density at radius 1 is 1.10 bits per heavy atom. The Balaban J connectivity index is 1.71. The molecule has 1 unspecified atom stereocenters. The number of non-ortho nitro benzene ring substituents is 1. The number of hydrogen-bond acceptors (Lipinski definition) is 6. The summed E-state index contributed by atoms with van der Waals surface area (Å²) in [6, 6.07) is 13.6. The van der Waals surface area contributed by atoms with Crippen LogP contribution in [0, 0.1) is 10.1 Å². The molecule has 0 aliphatic carbocycles. The normalized spacial score (nSPS) is 16.2. The van der Waals surface area contributed by atoms with Crippen molar-refractivity contribution in [2.75, 3.05) is 46.9 Å². The number of rotatable bonds is 7. The lowest BCUT2D eigenvalue weighted by Gasteiger charge is -2.38. The van der Waals surface area contributed by atoms with Gasteiger partial charge in [0.25, 0.3) is 11.6 Å². The Hall–Kier alpha value is -2.97. The number of hydrogen-bond donors (Lipinski definition) is 1. The number of methoxy groups -OCH3 is 1. The highest BCUT2D eigenvalue weighted by atomic mass is 16.6. The Labute approximate surface area is 170 Å². The number of nitrogens with zero attached hydrogens (tertiary/aromatic N) is 3. The molecule has 0 radical (unpaired) electrons. The van der Waals surface area contributed by atoms with Crippen LogP contribution in [0.25, 0.3) is 0 Å². The molecule has 1 amide bonds. The standard InChI is InChI=1S/C21H26N4O4/c1-23-11-13-24(14-12-23)20(16-5-9-19(29-2)10-6-16)15-22-21(26)17-3-7-18(8-4-17)25(27)28/h3-10,20H,11-15H2,1-2H3,(H,22,26). The highest BCUT2D eigenvalue weighted by molar-refractivity contribution is 5.94. The van der Waals surface area contributed by atoms with Gasteiger partial charge >= 0.3 is 0 Å². The fourth-order valence-electron chi connectivity index (χ4n) is 3.44. The van der Waals surface area contributed by atoms with Gasteiger partial charge in [0, 0.05) is 50.4 Å². The molecule has 1 atom stereocenters. The molecule has 2 aromatic carbocycles. The van der Waals surface area contributed by atoms with Crippen molar-refractivity contribution in [2.45, 2.75) is 6.04 Å². The molecule has 0 spiro atoms. The van der Waals surface area contributed by atoms with Crippen LogP contribution < -0.4 is 10.1 Å². The van der Waals surface area contributed by atoms with E-state index in [1.54, 1.807) is 7.11 Å². The van der Waals surface area contributed by atoms with Crippen LogP contribution in [-0.2, 0) is 0 Å². The van der Waals surface area contributed by atoms with Gasteiger partial charge in [0.1, 0.15) is 5.75 Å². The van der Waals surface area contributed by atoms with Crippen molar-refractivity contribution in [3.63, 3.8) is 0 Å². The summed E-state index contributed by atoms with van der Waals surface area (Å²) in [5.41, 5.74) is 1.48. The third-order valence-electron chi connectivity index (χ3n) is 5.28. The molecular weight excluding hydrogens is 372 g/mol. The summed E-state index contributed by atoms with van der Waals surface area (Å²) in [5.74, 6) is 0.549. The van der Waals surface area contributed by atoms with Crippen LogP contribution in [0.3, 0.4) is 0 Å². The Morgan fingerprint density at radius 2 is 1.72 bits per heavy atom. The van der Waals surface area contributed by atoms with Crippen LogP contribution in [0.15, 0.2) is 48.5 Å². The summed E-state index contributed by atoms with van der Waals surface area (Å²) in [5, 5.41) is 13.8. The number of likely N-dealkylation sites (N-methyl/N-ethyl adjacent to an activating group) is 1. The van der Waals surface area contributed by atoms with Crippen molar-refractivity contribution in [3.05, 3.63) is 69.8 Å². The topological polar surface area (TPSA) is 87.9 Å². The number of nitro benzene ring substituents is 1. The molecule has 8 nitrogen and oxygen atoms in total. The molecule has 1 saturated heterocycles. The average Bonchev–Trinajstić information content (AvgIpc) is 2.75. The van der Waals surface area contributed by atoms with E-state index in [1.807, 2.05) is 24.3 Å². The fraction of sp³-hybridized carbons (Fsp3) is 0.381. The van der Waals surface area contributed by atoms with E-state index >= 15 is 0 Å². The molecule has 1 fully saturated rings. The van der Waals surface area contributed by atoms with Crippen molar-refractivity contribution >= 4 is 11.6 Å². The third-order valence-corrected chi connectivity index (χ3v) is 5.28. The maximum Gasteiger partial charge on any atom is 0.269 e. The number of benzene rings is 2. The lowest BCUT2D eigenvalue weighted by Crippen LogP contribution is -2.48. The molecule has 0 aromatic heterocycles. The van der Waals surface area contributed by atoms with Gasteiger partial charge < -0.3 is 15.0 Å². The zero-order chi connectivity index (χ0) is 20.8. The lowest BCUT2D eigenvalue weighted by molar-refractivity contribution is -0.384. The highest BCUT2D eigenvalue weighted by Crippen LogP contribution is 2.24. The van der Waals surface area contributed by atoms with Gasteiger partial charge in [-0.15, -0.1) is 0 Å². The Morgan fingerprint density at radius 3 is 2.28 bits per heavy atom. The van der Waals surface area contributed by atoms with E-state index in [1.165, 1.54) is 24.3 Å². The van der Waals surface area contributed by atoms with Crippen molar-refractivity contribution in [1.29, 1.82) is 0 Å². The van der Waals surface area contributed by atoms with E-state index in [4.69, 9.17) is 4.74 Å². The van der Waals surface area contributed by atoms with Crippen LogP contribution in [0.5, 0.6) is 5.75 Å². The van der Waals surface area contributed by atoms with E-state index in [2.05, 4.69) is 22.2 Å². The van der Waals surface area contributed by atoms with E-state index < -0.39 is 4.92 Å². The average molecular weight is 398 g/mol. The molecule has 29 heavy (non-hydrogen) atoms. The first-order chi connectivity index (χ1) is 14.0. The molecule has 0 bridgehead atoms. The minimum atomic E-state index is -0.477. The number of nitro groups is 1. The van der Waals surface area contributed by atoms with E-state index in [0.717, 1.165) is 37.5 Å². The van der Waals surface area contributed by atoms with Crippen LogP contribution in [0.4, 0.5) is 5.69 Å². The number of nitrogens with one attached hydrogen (secondary N) is 1. The molecule has 1 aliphatic rings. The van der Waals surface area contributed by atoms with Gasteiger partial charge in [0.2, 0.25) is 0 Å². The zero-order valence-electron chi connectivity index (χ0n) is 16.7. The van der Waals surface area contributed by atoms with Gasteiger partial charge in [0.05, 0.1) is 18.1 Å². The number of ether oxygens (including phenoxy) is 1. The minimum Gasteiger partial charge on any atom is -0.497 e. The monoisotopic (exact) mass is 398 g/mol. The largest absolute Gasteiger partial charge is 0.497 e. The summed E-state index contributed by atoms with van der Waals surface area (Å²) in [7, 11) is 3.74. The lowest BCUT2D eigenvalue weighted by atomic mass is 10.0. The molecule has 8 heteroatoms. The second-order valence-electron chi connectivity index (χ2n) is 7.14. The van der Waals surface area contributed by atoms with Gasteiger partial charge in [-0.25, -0.2) is 0 Å². The van der Waals surface area contributed by atoms with Crippen LogP contribution in [-0.4, -0.2) is 67.5 Å². The maximum absolute atomic E-state index is 12.6. The number of piperazine rings is 1. The third kappa shape index (κ3) is 5.30. The zero-order valence-corrected chi connectivity index (χ0v) is 16.7. The summed E-state index contributed by atoms with van der Waals surface area (Å²) < 4.78 is 5.25. The van der Waals surface area contributed by atoms with Crippen molar-refractivity contribution in [2.24, 2.45) is 0 Å². The maximum atomic E-state index is 12.6. The summed E-state index contributed by atoms with van der Waals surface area (Å²) in [6.07, 6.45) is 0. The van der Waals surface area contributed by atoms with Crippen molar-refractivity contribution in [1.82, 2.24) is 15.1 Å². The predicted octanol–water partition coefficient (Wildman–Crippen LogP) is 2.32. The Kier molecular flexibility index (Phi) is 6.79. The first-order valence-electron chi connectivity index (χ1n) is 9.57. The summed E-state index contributed by atoms with van der Waals surface area (Å²) in [6.45, 7) is 4.24. The quantitative estimate of drug-likeness (QED) is 0.569. The molecule has 2 aromatic rings. The number of carbonyl (C=O) groups excluding carboxylic acids is 1. The van der Waals surface area contributed by atoms with Gasteiger partial charge in [0.15, 0.2) is 0 Å². The SMILES string of the molecule is COc1ccc(C(CNC(=O)c2ccc([N+](=O)[O-])cc2)N2CCN(C)CC2)cc1. The van der Waals surface area contributed by atoms with Crippen LogP contribution >= 0.6 is 0 Å². The first kappa shape index (κ1) is 20.8. The van der Waals surface area contributed by atoms with E-state index in [9.17, 15) is 14.9 Å². The van der Waals surface area contributed by atoms with Gasteiger partial charge in [-0.2, -0.15) is 0 Å². The second-order valence-corrected chi connectivity index (χ2v) is 7.14. The number of carbonyl (C=O) groups is 1. The van der Waals surface area contributed by atoms with E-state index in [0.29, 0.717) is 12.1 Å². The molecule has 1 heterocycles.